The lowest BCUT2D eigenvalue weighted by atomic mass is 10.1. The third kappa shape index (κ3) is 3.27. The van der Waals surface area contributed by atoms with E-state index in [-0.39, 0.29) is 0 Å². The monoisotopic (exact) mass is 154 g/mol. The standard InChI is InChI=1S/C11H22/c1-3-5-7-10-9-11(10)8-6-4-2/h10-11H,3-9H2,1-2H3/t10-,11+. The highest BCUT2D eigenvalue weighted by molar-refractivity contribution is 4.85. The van der Waals surface area contributed by atoms with E-state index in [0.717, 1.165) is 11.8 Å². The molecule has 0 aliphatic heterocycles. The molecule has 0 aromatic rings. The first-order valence-electron chi connectivity index (χ1n) is 5.38. The maximum Gasteiger partial charge on any atom is -0.0383 e. The maximum atomic E-state index is 2.30. The minimum Gasteiger partial charge on any atom is -0.0654 e. The highest BCUT2D eigenvalue weighted by Crippen LogP contribution is 2.45. The van der Waals surface area contributed by atoms with Crippen LogP contribution in [0.4, 0.5) is 0 Å². The van der Waals surface area contributed by atoms with Crippen LogP contribution >= 0.6 is 0 Å². The normalized spacial score (nSPS) is 28.9. The molecule has 0 unspecified atom stereocenters. The van der Waals surface area contributed by atoms with Crippen molar-refractivity contribution in [2.24, 2.45) is 11.8 Å². The van der Waals surface area contributed by atoms with Crippen molar-refractivity contribution in [3.8, 4) is 0 Å². The predicted octanol–water partition coefficient (Wildman–Crippen LogP) is 4.00. The van der Waals surface area contributed by atoms with Crippen molar-refractivity contribution in [2.45, 2.75) is 58.8 Å². The van der Waals surface area contributed by atoms with Crippen LogP contribution in [0.15, 0.2) is 0 Å². The van der Waals surface area contributed by atoms with Gasteiger partial charge in [0.1, 0.15) is 0 Å². The summed E-state index contributed by atoms with van der Waals surface area (Å²) in [4.78, 5) is 0. The van der Waals surface area contributed by atoms with E-state index in [1.165, 1.54) is 38.5 Å². The molecule has 0 radical (unpaired) electrons. The Morgan fingerprint density at radius 2 is 1.36 bits per heavy atom. The van der Waals surface area contributed by atoms with Gasteiger partial charge in [0, 0.05) is 0 Å². The average Bonchev–Trinajstić information content (AvgIpc) is 2.76. The molecule has 1 fully saturated rings. The summed E-state index contributed by atoms with van der Waals surface area (Å²) in [5, 5.41) is 0. The molecule has 0 nitrogen and oxygen atoms in total. The molecule has 0 aromatic carbocycles. The van der Waals surface area contributed by atoms with Crippen LogP contribution in [0.25, 0.3) is 0 Å². The van der Waals surface area contributed by atoms with Gasteiger partial charge in [-0.1, -0.05) is 52.4 Å². The first-order chi connectivity index (χ1) is 5.38. The Kier molecular flexibility index (Phi) is 3.96. The molecule has 1 aliphatic carbocycles. The Morgan fingerprint density at radius 1 is 0.909 bits per heavy atom. The van der Waals surface area contributed by atoms with Crippen molar-refractivity contribution in [2.75, 3.05) is 0 Å². The van der Waals surface area contributed by atoms with Gasteiger partial charge < -0.3 is 0 Å². The highest BCUT2D eigenvalue weighted by atomic mass is 14.4. The van der Waals surface area contributed by atoms with Gasteiger partial charge in [-0.2, -0.15) is 0 Å². The van der Waals surface area contributed by atoms with Crippen molar-refractivity contribution in [3.63, 3.8) is 0 Å². The fourth-order valence-electron chi connectivity index (χ4n) is 1.95. The quantitative estimate of drug-likeness (QED) is 0.542. The summed E-state index contributed by atoms with van der Waals surface area (Å²) >= 11 is 0. The summed E-state index contributed by atoms with van der Waals surface area (Å²) in [6.45, 7) is 4.59. The Hall–Kier alpha value is 0. The van der Waals surface area contributed by atoms with Gasteiger partial charge in [0.2, 0.25) is 0 Å². The number of hydrogen-bond donors (Lipinski definition) is 0. The van der Waals surface area contributed by atoms with Crippen molar-refractivity contribution in [3.05, 3.63) is 0 Å². The van der Waals surface area contributed by atoms with Crippen LogP contribution in [0.2, 0.25) is 0 Å². The van der Waals surface area contributed by atoms with Crippen LogP contribution in [0.1, 0.15) is 58.8 Å². The predicted molar refractivity (Wildman–Crippen MR) is 50.6 cm³/mol. The van der Waals surface area contributed by atoms with E-state index in [9.17, 15) is 0 Å². The summed E-state index contributed by atoms with van der Waals surface area (Å²) < 4.78 is 0. The molecule has 2 atom stereocenters. The lowest BCUT2D eigenvalue weighted by Gasteiger charge is -1.97. The second kappa shape index (κ2) is 4.79. The molecule has 1 saturated carbocycles. The first-order valence-corrected chi connectivity index (χ1v) is 5.38. The van der Waals surface area contributed by atoms with Gasteiger partial charge in [-0.3, -0.25) is 0 Å². The molecule has 0 heterocycles. The third-order valence-corrected chi connectivity index (χ3v) is 2.93. The van der Waals surface area contributed by atoms with E-state index in [1.807, 2.05) is 0 Å². The van der Waals surface area contributed by atoms with Crippen LogP contribution in [0.5, 0.6) is 0 Å². The summed E-state index contributed by atoms with van der Waals surface area (Å²) in [5.41, 5.74) is 0. The number of unbranched alkanes of at least 4 members (excludes halogenated alkanes) is 2. The van der Waals surface area contributed by atoms with Crippen LogP contribution in [0, 0.1) is 11.8 Å². The Morgan fingerprint density at radius 3 is 1.73 bits per heavy atom. The molecule has 0 spiro atoms. The van der Waals surface area contributed by atoms with Gasteiger partial charge in [-0.05, 0) is 18.3 Å². The fourth-order valence-corrected chi connectivity index (χ4v) is 1.95. The molecule has 11 heavy (non-hydrogen) atoms. The molecule has 0 bridgehead atoms. The molecule has 1 rings (SSSR count). The lowest BCUT2D eigenvalue weighted by molar-refractivity contribution is 0.559. The molecule has 0 heteroatoms. The van der Waals surface area contributed by atoms with Gasteiger partial charge in [-0.25, -0.2) is 0 Å². The van der Waals surface area contributed by atoms with E-state index in [4.69, 9.17) is 0 Å². The van der Waals surface area contributed by atoms with Gasteiger partial charge in [-0.15, -0.1) is 0 Å². The minimum atomic E-state index is 1.14. The van der Waals surface area contributed by atoms with Gasteiger partial charge >= 0.3 is 0 Å². The molecule has 0 N–H and O–H groups in total. The third-order valence-electron chi connectivity index (χ3n) is 2.93. The average molecular weight is 154 g/mol. The first kappa shape index (κ1) is 9.09. The molecule has 0 aromatic heterocycles. The summed E-state index contributed by atoms with van der Waals surface area (Å²) in [6.07, 6.45) is 10.3. The van der Waals surface area contributed by atoms with Crippen LogP contribution in [-0.2, 0) is 0 Å². The van der Waals surface area contributed by atoms with E-state index in [2.05, 4.69) is 13.8 Å². The zero-order valence-electron chi connectivity index (χ0n) is 8.10. The maximum absolute atomic E-state index is 2.30. The van der Waals surface area contributed by atoms with Gasteiger partial charge in [0.15, 0.2) is 0 Å². The Balaban J connectivity index is 1.89. The van der Waals surface area contributed by atoms with Crippen molar-refractivity contribution in [1.29, 1.82) is 0 Å². The fraction of sp³-hybridized carbons (Fsp3) is 1.00. The second-order valence-electron chi connectivity index (χ2n) is 4.04. The summed E-state index contributed by atoms with van der Waals surface area (Å²) in [5.74, 6) is 2.28. The van der Waals surface area contributed by atoms with E-state index < -0.39 is 0 Å². The van der Waals surface area contributed by atoms with E-state index in [1.54, 1.807) is 6.42 Å². The topological polar surface area (TPSA) is 0 Å². The zero-order valence-corrected chi connectivity index (χ0v) is 8.10. The molecule has 66 valence electrons. The van der Waals surface area contributed by atoms with Crippen molar-refractivity contribution in [1.82, 2.24) is 0 Å². The molecule has 0 amide bonds. The largest absolute Gasteiger partial charge is 0.0654 e. The summed E-state index contributed by atoms with van der Waals surface area (Å²) in [6, 6.07) is 0. The molecule has 0 saturated heterocycles. The SMILES string of the molecule is CCCC[C@@H]1C[C@@H]1CCCC. The summed E-state index contributed by atoms with van der Waals surface area (Å²) in [7, 11) is 0. The molecule has 1 aliphatic rings. The van der Waals surface area contributed by atoms with E-state index in [0.29, 0.717) is 0 Å². The second-order valence-corrected chi connectivity index (χ2v) is 4.04. The Bertz CT molecular complexity index is 84.2. The van der Waals surface area contributed by atoms with Crippen molar-refractivity contribution >= 4 is 0 Å². The van der Waals surface area contributed by atoms with Crippen LogP contribution < -0.4 is 0 Å². The number of rotatable bonds is 6. The highest BCUT2D eigenvalue weighted by Gasteiger charge is 2.34. The van der Waals surface area contributed by atoms with Crippen molar-refractivity contribution < 1.29 is 0 Å². The zero-order chi connectivity index (χ0) is 8.10. The lowest BCUT2D eigenvalue weighted by Crippen LogP contribution is -1.83. The van der Waals surface area contributed by atoms with E-state index >= 15 is 0 Å². The van der Waals surface area contributed by atoms with Gasteiger partial charge in [0.25, 0.3) is 0 Å². The molecular weight excluding hydrogens is 132 g/mol. The Labute approximate surface area is 71.4 Å². The number of hydrogen-bond acceptors (Lipinski definition) is 0. The van der Waals surface area contributed by atoms with Crippen LogP contribution in [-0.4, -0.2) is 0 Å². The van der Waals surface area contributed by atoms with Gasteiger partial charge in [0.05, 0.1) is 0 Å². The smallest absolute Gasteiger partial charge is 0.0383 e. The molecular formula is C11H22. The minimum absolute atomic E-state index is 1.14. The van der Waals surface area contributed by atoms with Crippen LogP contribution in [0.3, 0.4) is 0 Å².